The fourth-order valence-corrected chi connectivity index (χ4v) is 6.68. The summed E-state index contributed by atoms with van der Waals surface area (Å²) in [5.74, 6) is -0.409. The molecule has 1 aliphatic carbocycles. The summed E-state index contributed by atoms with van der Waals surface area (Å²) < 4.78 is 2.57. The van der Waals surface area contributed by atoms with Crippen molar-refractivity contribution < 1.29 is 9.90 Å². The fourth-order valence-electron chi connectivity index (χ4n) is 6.22. The first-order valence-corrected chi connectivity index (χ1v) is 12.2. The summed E-state index contributed by atoms with van der Waals surface area (Å²) >= 11 is 3.38. The molecule has 1 amide bonds. The number of azo groups is 1. The Kier molecular flexibility index (Phi) is 5.45. The maximum absolute atomic E-state index is 12.6. The van der Waals surface area contributed by atoms with Gasteiger partial charge in [-0.15, -0.1) is 10.2 Å². The molecule has 3 aromatic rings. The van der Waals surface area contributed by atoms with Crippen molar-refractivity contribution in [3.8, 4) is 5.88 Å². The van der Waals surface area contributed by atoms with Crippen LogP contribution in [0, 0.1) is 10.8 Å². The Labute approximate surface area is 202 Å². The summed E-state index contributed by atoms with van der Waals surface area (Å²) in [6, 6.07) is 15.4. The van der Waals surface area contributed by atoms with Gasteiger partial charge in [0.15, 0.2) is 5.69 Å². The van der Waals surface area contributed by atoms with Crippen molar-refractivity contribution in [1.29, 1.82) is 0 Å². The van der Waals surface area contributed by atoms with E-state index in [0.29, 0.717) is 39.3 Å². The second-order valence-electron chi connectivity index (χ2n) is 10.7. The van der Waals surface area contributed by atoms with Gasteiger partial charge in [-0.2, -0.15) is 0 Å². The maximum atomic E-state index is 12.6. The van der Waals surface area contributed by atoms with Crippen molar-refractivity contribution in [1.82, 2.24) is 9.47 Å². The normalized spacial score (nSPS) is 24.7. The average Bonchev–Trinajstić information content (AvgIpc) is 3.15. The van der Waals surface area contributed by atoms with E-state index in [1.54, 1.807) is 18.2 Å². The summed E-state index contributed by atoms with van der Waals surface area (Å²) in [7, 11) is 0. The second kappa shape index (κ2) is 8.06. The highest BCUT2D eigenvalue weighted by atomic mass is 79.9. The van der Waals surface area contributed by atoms with E-state index in [-0.39, 0.29) is 5.88 Å². The van der Waals surface area contributed by atoms with Crippen LogP contribution < -0.4 is 0 Å². The van der Waals surface area contributed by atoms with Gasteiger partial charge in [-0.25, -0.2) is 0 Å². The lowest BCUT2D eigenvalue weighted by Crippen LogP contribution is -2.35. The maximum Gasteiger partial charge on any atom is 0.296 e. The molecule has 5 rings (SSSR count). The van der Waals surface area contributed by atoms with Crippen LogP contribution in [0.5, 0.6) is 5.88 Å². The molecular weight excluding hydrogens is 480 g/mol. The Morgan fingerprint density at radius 1 is 1.12 bits per heavy atom. The first-order valence-electron chi connectivity index (χ1n) is 11.4. The van der Waals surface area contributed by atoms with Crippen LogP contribution in [0.4, 0.5) is 5.69 Å². The molecule has 0 radical (unpaired) electrons. The molecule has 1 saturated carbocycles. The third kappa shape index (κ3) is 4.13. The first-order chi connectivity index (χ1) is 15.7. The number of carbonyl (C=O) groups is 1. The summed E-state index contributed by atoms with van der Waals surface area (Å²) in [6.45, 7) is 8.73. The molecule has 33 heavy (non-hydrogen) atoms. The number of aromatic nitrogens is 1. The van der Waals surface area contributed by atoms with Crippen LogP contribution in [0.2, 0.25) is 0 Å². The lowest BCUT2D eigenvalue weighted by Gasteiger charge is -2.40. The topological polar surface area (TPSA) is 70.2 Å². The van der Waals surface area contributed by atoms with E-state index < -0.39 is 5.91 Å². The predicted octanol–water partition coefficient (Wildman–Crippen LogP) is 6.89. The van der Waals surface area contributed by atoms with Gasteiger partial charge in [0.25, 0.3) is 5.91 Å². The third-order valence-corrected chi connectivity index (χ3v) is 7.80. The highest BCUT2D eigenvalue weighted by Crippen LogP contribution is 2.53. The Balaban J connectivity index is 1.48. The zero-order valence-electron chi connectivity index (χ0n) is 19.3. The van der Waals surface area contributed by atoms with Crippen LogP contribution in [-0.4, -0.2) is 33.1 Å². The van der Waals surface area contributed by atoms with Crippen LogP contribution in [0.1, 0.15) is 50.4 Å². The van der Waals surface area contributed by atoms with Gasteiger partial charge in [-0.3, -0.25) is 14.3 Å². The number of nitrogens with zero attached hydrogens (tertiary/aromatic N) is 4. The van der Waals surface area contributed by atoms with Crippen molar-refractivity contribution >= 4 is 38.4 Å². The molecule has 0 unspecified atom stereocenters. The van der Waals surface area contributed by atoms with Gasteiger partial charge < -0.3 is 5.11 Å². The molecule has 1 saturated heterocycles. The summed E-state index contributed by atoms with van der Waals surface area (Å²) in [4.78, 5) is 15.1. The molecule has 1 aliphatic heterocycles. The number of halogens is 1. The molecule has 1 N–H and O–H groups in total. The van der Waals surface area contributed by atoms with E-state index in [0.717, 1.165) is 23.9 Å². The first kappa shape index (κ1) is 22.3. The number of rotatable bonds is 4. The number of hydrogen-bond donors (Lipinski definition) is 1. The molecule has 2 atom stereocenters. The molecule has 0 spiro atoms. The molecule has 2 fully saturated rings. The Morgan fingerprint density at radius 3 is 2.64 bits per heavy atom. The molecular formula is C26H29BrN4O2. The van der Waals surface area contributed by atoms with Crippen molar-refractivity contribution in [2.45, 2.75) is 52.7 Å². The van der Waals surface area contributed by atoms with Gasteiger partial charge >= 0.3 is 0 Å². The summed E-state index contributed by atoms with van der Waals surface area (Å²) in [6.07, 6.45) is 3.58. The van der Waals surface area contributed by atoms with E-state index in [1.165, 1.54) is 12.8 Å². The molecule has 2 bridgehead atoms. The van der Waals surface area contributed by atoms with E-state index in [4.69, 9.17) is 0 Å². The largest absolute Gasteiger partial charge is 0.493 e. The van der Waals surface area contributed by atoms with Crippen molar-refractivity contribution in [3.05, 3.63) is 58.6 Å². The Hall–Kier alpha value is -2.51. The average molecular weight is 509 g/mol. The lowest BCUT2D eigenvalue weighted by molar-refractivity contribution is 0.0994. The SMILES string of the molecule is CC1(C)C[C@@H]2C[C@](C)(CN2Cn2c(O)c(N=NC(=O)c3ccccc3Br)c3ccccc32)C1. The van der Waals surface area contributed by atoms with Crippen LogP contribution in [-0.2, 0) is 6.67 Å². The van der Waals surface area contributed by atoms with Crippen LogP contribution in [0.3, 0.4) is 0 Å². The van der Waals surface area contributed by atoms with Gasteiger partial charge in [0.1, 0.15) is 0 Å². The van der Waals surface area contributed by atoms with Gasteiger partial charge in [-0.1, -0.05) is 51.1 Å². The van der Waals surface area contributed by atoms with Crippen LogP contribution >= 0.6 is 15.9 Å². The molecule has 172 valence electrons. The summed E-state index contributed by atoms with van der Waals surface area (Å²) in [5, 5.41) is 20.1. The number of para-hydroxylation sites is 1. The zero-order chi connectivity index (χ0) is 23.4. The number of aromatic hydroxyl groups is 1. The minimum atomic E-state index is -0.456. The Bertz CT molecular complexity index is 1260. The smallest absolute Gasteiger partial charge is 0.296 e. The highest BCUT2D eigenvalue weighted by Gasteiger charge is 2.49. The minimum Gasteiger partial charge on any atom is -0.493 e. The fraction of sp³-hybridized carbons (Fsp3) is 0.423. The van der Waals surface area contributed by atoms with E-state index in [1.807, 2.05) is 34.9 Å². The number of amides is 1. The van der Waals surface area contributed by atoms with Gasteiger partial charge in [0.2, 0.25) is 5.88 Å². The monoisotopic (exact) mass is 508 g/mol. The van der Waals surface area contributed by atoms with Gasteiger partial charge in [0, 0.05) is 22.4 Å². The minimum absolute atomic E-state index is 0.0470. The van der Waals surface area contributed by atoms with E-state index >= 15 is 0 Å². The van der Waals surface area contributed by atoms with Crippen molar-refractivity contribution in [2.24, 2.45) is 21.1 Å². The number of benzene rings is 2. The van der Waals surface area contributed by atoms with Gasteiger partial charge in [-0.05, 0) is 64.2 Å². The third-order valence-electron chi connectivity index (χ3n) is 7.11. The quantitative estimate of drug-likeness (QED) is 0.390. The lowest BCUT2D eigenvalue weighted by atomic mass is 9.65. The number of carbonyl (C=O) groups excluding carboxylic acids is 1. The van der Waals surface area contributed by atoms with Crippen molar-refractivity contribution in [3.63, 3.8) is 0 Å². The molecule has 2 aliphatic rings. The number of likely N-dealkylation sites (tertiary alicyclic amines) is 1. The highest BCUT2D eigenvalue weighted by molar-refractivity contribution is 9.10. The predicted molar refractivity (Wildman–Crippen MR) is 133 cm³/mol. The zero-order valence-corrected chi connectivity index (χ0v) is 20.8. The number of hydrogen-bond acceptors (Lipinski definition) is 4. The van der Waals surface area contributed by atoms with Crippen molar-refractivity contribution in [2.75, 3.05) is 6.54 Å². The standard InChI is InChI=1S/C26H29BrN4O2/c1-25(2)12-17-13-26(3,14-25)15-30(17)16-31-21-11-7-5-9-19(21)22(24(31)33)28-29-23(32)18-8-4-6-10-20(18)27/h4-11,17,33H,12-16H2,1-3H3/t17-,26+/m1/s1. The molecule has 1 aromatic heterocycles. The Morgan fingerprint density at radius 2 is 1.85 bits per heavy atom. The van der Waals surface area contributed by atoms with Gasteiger partial charge in [0.05, 0.1) is 17.7 Å². The molecule has 2 aromatic carbocycles. The summed E-state index contributed by atoms with van der Waals surface area (Å²) in [5.41, 5.74) is 2.30. The number of fused-ring (bicyclic) bond motifs is 3. The van der Waals surface area contributed by atoms with Crippen LogP contribution in [0.15, 0.2) is 63.2 Å². The van der Waals surface area contributed by atoms with Crippen LogP contribution in [0.25, 0.3) is 10.9 Å². The second-order valence-corrected chi connectivity index (χ2v) is 11.6. The van der Waals surface area contributed by atoms with E-state index in [2.05, 4.69) is 51.8 Å². The van der Waals surface area contributed by atoms with E-state index in [9.17, 15) is 9.90 Å². The molecule has 6 nitrogen and oxygen atoms in total. The molecule has 2 heterocycles. The molecule has 7 heteroatoms.